The van der Waals surface area contributed by atoms with Crippen molar-refractivity contribution in [3.05, 3.63) is 47.7 Å². The van der Waals surface area contributed by atoms with Crippen molar-refractivity contribution in [3.8, 4) is 5.75 Å². The van der Waals surface area contributed by atoms with Gasteiger partial charge in [0.15, 0.2) is 5.82 Å². The fraction of sp³-hybridized carbons (Fsp3) is 0.458. The topological polar surface area (TPSA) is 78.8 Å². The van der Waals surface area contributed by atoms with E-state index in [0.717, 1.165) is 53.5 Å². The predicted octanol–water partition coefficient (Wildman–Crippen LogP) is 3.86. The van der Waals surface area contributed by atoms with Gasteiger partial charge in [-0.05, 0) is 62.1 Å². The van der Waals surface area contributed by atoms with Gasteiger partial charge in [0.1, 0.15) is 17.1 Å². The van der Waals surface area contributed by atoms with Gasteiger partial charge in [0, 0.05) is 18.3 Å². The summed E-state index contributed by atoms with van der Waals surface area (Å²) in [4.78, 5) is 24.9. The number of nitrogens with one attached hydrogen (secondary N) is 2. The molecule has 3 aliphatic rings. The van der Waals surface area contributed by atoms with Crippen LogP contribution in [0.5, 0.6) is 5.75 Å². The van der Waals surface area contributed by atoms with E-state index in [2.05, 4.69) is 15.6 Å². The zero-order chi connectivity index (χ0) is 21.4. The third-order valence-corrected chi connectivity index (χ3v) is 6.73. The van der Waals surface area contributed by atoms with E-state index in [1.165, 1.54) is 12.8 Å². The van der Waals surface area contributed by atoms with Gasteiger partial charge in [-0.25, -0.2) is 4.98 Å². The number of anilines is 2. The fourth-order valence-electron chi connectivity index (χ4n) is 4.98. The minimum Gasteiger partial charge on any atom is -0.497 e. The highest BCUT2D eigenvalue weighted by Crippen LogP contribution is 2.37. The van der Waals surface area contributed by atoms with Crippen molar-refractivity contribution in [1.82, 2.24) is 9.88 Å². The minimum absolute atomic E-state index is 0.0519. The fourth-order valence-corrected chi connectivity index (χ4v) is 4.98. The minimum atomic E-state index is -0.408. The van der Waals surface area contributed by atoms with Crippen LogP contribution in [0.4, 0.5) is 11.5 Å². The van der Waals surface area contributed by atoms with Crippen molar-refractivity contribution in [3.63, 3.8) is 0 Å². The first-order chi connectivity index (χ1) is 15.1. The molecular formula is C24H29N5O2. The van der Waals surface area contributed by atoms with Crippen molar-refractivity contribution in [2.75, 3.05) is 30.8 Å². The number of aromatic nitrogens is 1. The van der Waals surface area contributed by atoms with Crippen molar-refractivity contribution in [2.24, 2.45) is 4.99 Å². The first-order valence-electron chi connectivity index (χ1n) is 11.1. The van der Waals surface area contributed by atoms with E-state index in [0.29, 0.717) is 19.1 Å². The average Bonchev–Trinajstić information content (AvgIpc) is 3.44. The number of carbonyl (C=O) groups is 1. The number of hydrogen-bond acceptors (Lipinski definition) is 5. The third kappa shape index (κ3) is 3.62. The molecule has 2 N–H and O–H groups in total. The van der Waals surface area contributed by atoms with E-state index in [9.17, 15) is 4.79 Å². The second kappa shape index (κ2) is 7.87. The summed E-state index contributed by atoms with van der Waals surface area (Å²) >= 11 is 0. The summed E-state index contributed by atoms with van der Waals surface area (Å²) in [5.41, 5.74) is 2.20. The summed E-state index contributed by atoms with van der Waals surface area (Å²) in [5.74, 6) is 2.55. The highest BCUT2D eigenvalue weighted by Gasteiger charge is 2.47. The van der Waals surface area contributed by atoms with Gasteiger partial charge in [-0.2, -0.15) is 0 Å². The maximum atomic E-state index is 13.4. The normalized spacial score (nSPS) is 24.2. The van der Waals surface area contributed by atoms with Gasteiger partial charge >= 0.3 is 0 Å². The molecule has 7 heteroatoms. The van der Waals surface area contributed by atoms with E-state index in [1.807, 2.05) is 42.2 Å². The zero-order valence-corrected chi connectivity index (χ0v) is 18.1. The van der Waals surface area contributed by atoms with Crippen LogP contribution in [0.2, 0.25) is 0 Å². The second-order valence-corrected chi connectivity index (χ2v) is 8.81. The van der Waals surface area contributed by atoms with E-state index in [4.69, 9.17) is 9.73 Å². The van der Waals surface area contributed by atoms with Crippen LogP contribution in [0.25, 0.3) is 0 Å². The Morgan fingerprint density at radius 2 is 2.13 bits per heavy atom. The third-order valence-electron chi connectivity index (χ3n) is 6.73. The molecule has 1 aromatic carbocycles. The van der Waals surface area contributed by atoms with Gasteiger partial charge in [0.05, 0.1) is 25.4 Å². The first kappa shape index (κ1) is 19.8. The van der Waals surface area contributed by atoms with Crippen molar-refractivity contribution < 1.29 is 9.53 Å². The number of fused-ring (bicyclic) bond motifs is 1. The summed E-state index contributed by atoms with van der Waals surface area (Å²) in [6, 6.07) is 9.93. The van der Waals surface area contributed by atoms with Gasteiger partial charge in [-0.3, -0.25) is 9.79 Å². The summed E-state index contributed by atoms with van der Waals surface area (Å²) < 4.78 is 5.29. The number of carbonyl (C=O) groups excluding carboxylic acids is 1. The van der Waals surface area contributed by atoms with Crippen LogP contribution in [0.1, 0.15) is 48.0 Å². The number of pyridine rings is 1. The lowest BCUT2D eigenvalue weighted by molar-refractivity contribution is 0.0788. The number of ether oxygens (including phenoxy) is 1. The smallest absolute Gasteiger partial charge is 0.254 e. The van der Waals surface area contributed by atoms with E-state index >= 15 is 0 Å². The monoisotopic (exact) mass is 419 g/mol. The molecule has 5 rings (SSSR count). The van der Waals surface area contributed by atoms with Gasteiger partial charge in [-0.15, -0.1) is 0 Å². The predicted molar refractivity (Wildman–Crippen MR) is 122 cm³/mol. The molecule has 1 saturated heterocycles. The Balaban J connectivity index is 1.44. The van der Waals surface area contributed by atoms with Crippen molar-refractivity contribution >= 4 is 23.2 Å². The Hall–Kier alpha value is -3.09. The number of aryl methyl sites for hydroxylation is 1. The lowest BCUT2D eigenvalue weighted by Crippen LogP contribution is -2.55. The Bertz CT molecular complexity index is 1030. The van der Waals surface area contributed by atoms with Crippen LogP contribution in [0.3, 0.4) is 0 Å². The molecule has 0 radical (unpaired) electrons. The van der Waals surface area contributed by atoms with E-state index < -0.39 is 5.54 Å². The molecule has 1 aliphatic carbocycles. The van der Waals surface area contributed by atoms with Crippen LogP contribution >= 0.6 is 0 Å². The number of amidine groups is 1. The van der Waals surface area contributed by atoms with Crippen LogP contribution in [-0.4, -0.2) is 53.4 Å². The molecule has 2 aliphatic heterocycles. The molecule has 1 atom stereocenters. The molecule has 1 amide bonds. The van der Waals surface area contributed by atoms with Crippen molar-refractivity contribution in [1.29, 1.82) is 0 Å². The quantitative estimate of drug-likeness (QED) is 0.790. The van der Waals surface area contributed by atoms with Gasteiger partial charge in [-0.1, -0.05) is 12.8 Å². The Kier molecular flexibility index (Phi) is 5.04. The Labute approximate surface area is 182 Å². The maximum Gasteiger partial charge on any atom is 0.254 e. The molecular weight excluding hydrogens is 390 g/mol. The Morgan fingerprint density at radius 3 is 2.90 bits per heavy atom. The number of amides is 1. The highest BCUT2D eigenvalue weighted by atomic mass is 16.5. The molecule has 0 bridgehead atoms. The first-order valence-corrected chi connectivity index (χ1v) is 11.1. The molecule has 31 heavy (non-hydrogen) atoms. The number of benzene rings is 1. The van der Waals surface area contributed by atoms with Crippen molar-refractivity contribution in [2.45, 2.75) is 50.6 Å². The molecule has 3 heterocycles. The molecule has 7 nitrogen and oxygen atoms in total. The lowest BCUT2D eigenvalue weighted by atomic mass is 9.93. The van der Waals surface area contributed by atoms with Crippen LogP contribution in [-0.2, 0) is 0 Å². The largest absolute Gasteiger partial charge is 0.497 e. The van der Waals surface area contributed by atoms with Crippen LogP contribution in [0.15, 0.2) is 41.5 Å². The van der Waals surface area contributed by atoms with E-state index in [-0.39, 0.29) is 5.91 Å². The van der Waals surface area contributed by atoms with Gasteiger partial charge < -0.3 is 20.3 Å². The van der Waals surface area contributed by atoms with Crippen LogP contribution in [0, 0.1) is 6.92 Å². The summed E-state index contributed by atoms with van der Waals surface area (Å²) in [6.07, 6.45) is 7.32. The highest BCUT2D eigenvalue weighted by molar-refractivity contribution is 6.10. The number of aliphatic imine (C=N–C) groups is 1. The summed E-state index contributed by atoms with van der Waals surface area (Å²) in [5, 5.41) is 7.20. The SMILES string of the molecule is COc1ccc(C(=O)N2CC[C@]3(C2)Nc2cccnc2NC3=NC2CCCC2)c(C)c1. The van der Waals surface area contributed by atoms with Gasteiger partial charge in [0.2, 0.25) is 0 Å². The maximum absolute atomic E-state index is 13.4. The van der Waals surface area contributed by atoms with Crippen LogP contribution < -0.4 is 15.4 Å². The number of methoxy groups -OCH3 is 1. The molecule has 1 saturated carbocycles. The second-order valence-electron chi connectivity index (χ2n) is 8.81. The lowest BCUT2D eigenvalue weighted by Gasteiger charge is -2.38. The standard InChI is InChI=1S/C24H29N5O2/c1-16-14-18(31-2)9-10-19(16)22(30)29-13-11-24(15-29)23(26-17-6-3-4-7-17)27-21-20(28-24)8-5-12-25-21/h5,8-10,12,14,17,28H,3-4,6-7,11,13,15H2,1-2H3,(H,25,26,27)/t24-/m1/s1. The molecule has 1 aromatic heterocycles. The molecule has 2 fully saturated rings. The molecule has 162 valence electrons. The molecule has 0 unspecified atom stereocenters. The molecule has 1 spiro atoms. The van der Waals surface area contributed by atoms with Gasteiger partial charge in [0.25, 0.3) is 5.91 Å². The van der Waals surface area contributed by atoms with E-state index in [1.54, 1.807) is 13.3 Å². The average molecular weight is 420 g/mol. The number of likely N-dealkylation sites (tertiary alicyclic amines) is 1. The molecule has 2 aromatic rings. The number of nitrogens with zero attached hydrogens (tertiary/aromatic N) is 3. The summed E-state index contributed by atoms with van der Waals surface area (Å²) in [7, 11) is 1.64. The Morgan fingerprint density at radius 1 is 1.29 bits per heavy atom. The summed E-state index contributed by atoms with van der Waals surface area (Å²) in [6.45, 7) is 3.21. The number of rotatable bonds is 3. The number of hydrogen-bond donors (Lipinski definition) is 2. The zero-order valence-electron chi connectivity index (χ0n) is 18.1.